The molecule has 5 heterocycles. The Hall–Kier alpha value is -2.22. The zero-order chi connectivity index (χ0) is 25.7. The SMILES string of the molecule is CC1CC(Nc2cc3ncc(S(C)(=O)=O)cc3c(NC3C[C@H]4CC[C@@H](C3)N4CCC(F)(F)F)n2)NN1. The quantitative estimate of drug-likeness (QED) is 0.432. The molecule has 3 aliphatic rings. The molecule has 3 aliphatic heterocycles. The summed E-state index contributed by atoms with van der Waals surface area (Å²) < 4.78 is 62.8. The van der Waals surface area contributed by atoms with Crippen molar-refractivity contribution in [2.24, 2.45) is 0 Å². The highest BCUT2D eigenvalue weighted by Gasteiger charge is 2.42. The van der Waals surface area contributed by atoms with Crippen LogP contribution in [0.1, 0.15) is 45.4 Å². The van der Waals surface area contributed by atoms with Gasteiger partial charge in [0.15, 0.2) is 9.84 Å². The van der Waals surface area contributed by atoms with E-state index in [2.05, 4.69) is 33.4 Å². The number of rotatable bonds is 7. The molecule has 0 spiro atoms. The van der Waals surface area contributed by atoms with Crippen molar-refractivity contribution in [3.05, 3.63) is 18.3 Å². The zero-order valence-corrected chi connectivity index (χ0v) is 21.1. The fourth-order valence-electron chi connectivity index (χ4n) is 5.68. The van der Waals surface area contributed by atoms with Crippen LogP contribution in [-0.4, -0.2) is 72.6 Å². The third kappa shape index (κ3) is 5.68. The molecule has 3 saturated heterocycles. The summed E-state index contributed by atoms with van der Waals surface area (Å²) >= 11 is 0. The van der Waals surface area contributed by atoms with Crippen LogP contribution >= 0.6 is 0 Å². The van der Waals surface area contributed by atoms with Gasteiger partial charge in [-0.25, -0.2) is 18.8 Å². The minimum Gasteiger partial charge on any atom is -0.367 e. The maximum atomic E-state index is 12.8. The molecule has 36 heavy (non-hydrogen) atoms. The van der Waals surface area contributed by atoms with E-state index < -0.39 is 22.4 Å². The van der Waals surface area contributed by atoms with Gasteiger partial charge in [-0.3, -0.25) is 15.3 Å². The number of alkyl halides is 3. The van der Waals surface area contributed by atoms with E-state index in [1.165, 1.54) is 6.20 Å². The standard InChI is InChI=1S/C23H32F3N7O2S/c1-13-7-21(32-31-13)29-20-11-19-18(10-17(12-27-19)36(2,34)35)22(30-20)28-14-8-15-3-4-16(9-14)33(15)6-5-23(24,25)26/h10-16,21,31-32H,3-9H2,1-2H3,(H2,28,29,30)/t13?,14?,15-,16+,21?. The number of halogens is 3. The smallest absolute Gasteiger partial charge is 0.367 e. The molecule has 0 aliphatic carbocycles. The number of hydrogen-bond acceptors (Lipinski definition) is 9. The number of piperidine rings is 1. The second-order valence-electron chi connectivity index (χ2n) is 10.3. The first kappa shape index (κ1) is 25.4. The third-order valence-corrected chi connectivity index (χ3v) is 8.46. The minimum absolute atomic E-state index is 0.0174. The van der Waals surface area contributed by atoms with Crippen molar-refractivity contribution in [3.63, 3.8) is 0 Å². The molecule has 9 nitrogen and oxygen atoms in total. The van der Waals surface area contributed by atoms with Gasteiger partial charge in [-0.1, -0.05) is 0 Å². The lowest BCUT2D eigenvalue weighted by atomic mass is 9.97. The number of nitrogens with one attached hydrogen (secondary N) is 4. The summed E-state index contributed by atoms with van der Waals surface area (Å²) in [5.41, 5.74) is 6.94. The molecule has 2 aromatic rings. The van der Waals surface area contributed by atoms with Gasteiger partial charge in [0.1, 0.15) is 11.6 Å². The molecule has 198 valence electrons. The monoisotopic (exact) mass is 527 g/mol. The molecule has 2 bridgehead atoms. The lowest BCUT2D eigenvalue weighted by molar-refractivity contribution is -0.140. The maximum absolute atomic E-state index is 12.8. The Morgan fingerprint density at radius 2 is 1.83 bits per heavy atom. The highest BCUT2D eigenvalue weighted by Crippen LogP contribution is 2.38. The Labute approximate surface area is 208 Å². The van der Waals surface area contributed by atoms with Gasteiger partial charge in [-0.2, -0.15) is 13.2 Å². The van der Waals surface area contributed by atoms with E-state index in [-0.39, 0.29) is 35.7 Å². The number of sulfone groups is 1. The predicted octanol–water partition coefficient (Wildman–Crippen LogP) is 3.02. The molecule has 0 radical (unpaired) electrons. The van der Waals surface area contributed by atoms with Gasteiger partial charge in [-0.15, -0.1) is 0 Å². The average molecular weight is 528 g/mol. The van der Waals surface area contributed by atoms with Gasteiger partial charge < -0.3 is 10.6 Å². The summed E-state index contributed by atoms with van der Waals surface area (Å²) in [6.45, 7) is 2.10. The Balaban J connectivity index is 1.40. The van der Waals surface area contributed by atoms with Crippen molar-refractivity contribution in [2.45, 2.75) is 86.9 Å². The highest BCUT2D eigenvalue weighted by molar-refractivity contribution is 7.90. The van der Waals surface area contributed by atoms with Crippen LogP contribution in [0.25, 0.3) is 10.9 Å². The summed E-state index contributed by atoms with van der Waals surface area (Å²) in [6, 6.07) is 3.88. The van der Waals surface area contributed by atoms with Crippen LogP contribution in [0.3, 0.4) is 0 Å². The van der Waals surface area contributed by atoms with Crippen molar-refractivity contribution in [3.8, 4) is 0 Å². The van der Waals surface area contributed by atoms with Crippen LogP contribution < -0.4 is 21.5 Å². The Bertz CT molecular complexity index is 1210. The molecule has 0 amide bonds. The third-order valence-electron chi connectivity index (χ3n) is 7.38. The largest absolute Gasteiger partial charge is 0.390 e. The fraction of sp³-hybridized carbons (Fsp3) is 0.652. The summed E-state index contributed by atoms with van der Waals surface area (Å²) in [6.07, 6.45) is 1.55. The van der Waals surface area contributed by atoms with Crippen LogP contribution in [-0.2, 0) is 9.84 Å². The molecular formula is C23H32F3N7O2S. The van der Waals surface area contributed by atoms with Gasteiger partial charge in [0.05, 0.1) is 23.0 Å². The number of pyridine rings is 2. The van der Waals surface area contributed by atoms with Crippen LogP contribution in [0.15, 0.2) is 23.2 Å². The van der Waals surface area contributed by atoms with Crippen molar-refractivity contribution in [1.29, 1.82) is 0 Å². The summed E-state index contributed by atoms with van der Waals surface area (Å²) in [5, 5.41) is 7.45. The Kier molecular flexibility index (Phi) is 6.77. The normalized spacial score (nSPS) is 29.1. The first-order chi connectivity index (χ1) is 16.9. The Morgan fingerprint density at radius 1 is 1.11 bits per heavy atom. The van der Waals surface area contributed by atoms with Crippen molar-refractivity contribution >= 4 is 32.4 Å². The second kappa shape index (κ2) is 9.58. The van der Waals surface area contributed by atoms with Gasteiger partial charge >= 0.3 is 6.18 Å². The van der Waals surface area contributed by atoms with E-state index in [9.17, 15) is 21.6 Å². The molecule has 0 aromatic carbocycles. The van der Waals surface area contributed by atoms with E-state index in [0.717, 1.165) is 25.5 Å². The van der Waals surface area contributed by atoms with Gasteiger partial charge in [0.2, 0.25) is 0 Å². The second-order valence-corrected chi connectivity index (χ2v) is 12.3. The van der Waals surface area contributed by atoms with Gasteiger partial charge in [0, 0.05) is 54.6 Å². The van der Waals surface area contributed by atoms with E-state index in [4.69, 9.17) is 4.98 Å². The maximum Gasteiger partial charge on any atom is 0.390 e. The van der Waals surface area contributed by atoms with Gasteiger partial charge in [0.25, 0.3) is 0 Å². The summed E-state index contributed by atoms with van der Waals surface area (Å²) in [4.78, 5) is 11.3. The fourth-order valence-corrected chi connectivity index (χ4v) is 6.26. The molecule has 5 atom stereocenters. The summed E-state index contributed by atoms with van der Waals surface area (Å²) in [5.74, 6) is 1.13. The number of hydrazine groups is 1. The minimum atomic E-state index is -4.16. The number of aromatic nitrogens is 2. The number of fused-ring (bicyclic) bond motifs is 3. The molecule has 5 rings (SSSR count). The molecule has 0 saturated carbocycles. The zero-order valence-electron chi connectivity index (χ0n) is 20.3. The van der Waals surface area contributed by atoms with E-state index >= 15 is 0 Å². The van der Waals surface area contributed by atoms with Crippen LogP contribution in [0.4, 0.5) is 24.8 Å². The highest BCUT2D eigenvalue weighted by atomic mass is 32.2. The van der Waals surface area contributed by atoms with E-state index in [1.54, 1.807) is 12.1 Å². The molecule has 13 heteroatoms. The molecule has 3 unspecified atom stereocenters. The lowest BCUT2D eigenvalue weighted by Crippen LogP contribution is -2.47. The lowest BCUT2D eigenvalue weighted by Gasteiger charge is -2.39. The van der Waals surface area contributed by atoms with Crippen molar-refractivity contribution < 1.29 is 21.6 Å². The first-order valence-corrected chi connectivity index (χ1v) is 14.2. The van der Waals surface area contributed by atoms with Gasteiger partial charge in [-0.05, 0) is 45.1 Å². The number of nitrogens with zero attached hydrogens (tertiary/aromatic N) is 3. The molecule has 2 aromatic heterocycles. The first-order valence-electron chi connectivity index (χ1n) is 12.3. The van der Waals surface area contributed by atoms with E-state index in [0.29, 0.717) is 41.4 Å². The van der Waals surface area contributed by atoms with Crippen molar-refractivity contribution in [1.82, 2.24) is 25.7 Å². The summed E-state index contributed by atoms with van der Waals surface area (Å²) in [7, 11) is -3.46. The number of anilines is 2. The molecule has 3 fully saturated rings. The molecule has 4 N–H and O–H groups in total. The van der Waals surface area contributed by atoms with E-state index in [1.807, 2.05) is 4.90 Å². The van der Waals surface area contributed by atoms with Crippen LogP contribution in [0, 0.1) is 0 Å². The molecular weight excluding hydrogens is 495 g/mol. The van der Waals surface area contributed by atoms with Crippen molar-refractivity contribution in [2.75, 3.05) is 23.4 Å². The number of hydrogen-bond donors (Lipinski definition) is 4. The Morgan fingerprint density at radius 3 is 2.44 bits per heavy atom. The topological polar surface area (TPSA) is 111 Å². The average Bonchev–Trinajstić information content (AvgIpc) is 3.29. The van der Waals surface area contributed by atoms with Crippen LogP contribution in [0.5, 0.6) is 0 Å². The van der Waals surface area contributed by atoms with Crippen LogP contribution in [0.2, 0.25) is 0 Å². The predicted molar refractivity (Wildman–Crippen MR) is 131 cm³/mol.